The number of aryl methyl sites for hydroxylation is 1. The van der Waals surface area contributed by atoms with E-state index in [1.807, 2.05) is 30.5 Å². The summed E-state index contributed by atoms with van der Waals surface area (Å²) >= 11 is 0. The van der Waals surface area contributed by atoms with Gasteiger partial charge in [0, 0.05) is 17.5 Å². The lowest BCUT2D eigenvalue weighted by Gasteiger charge is -2.31. The van der Waals surface area contributed by atoms with Gasteiger partial charge in [-0.25, -0.2) is 0 Å². The van der Waals surface area contributed by atoms with Crippen molar-refractivity contribution in [2.45, 2.75) is 90.1 Å². The monoisotopic (exact) mass is 452 g/mol. The number of aromatic nitrogens is 1. The number of benzene rings is 1. The maximum absolute atomic E-state index is 8.91. The molecule has 0 atom stereocenters. The Labute approximate surface area is 192 Å². The fraction of sp³-hybridized carbons (Fsp3) is 0.538. The van der Waals surface area contributed by atoms with Crippen LogP contribution in [0.4, 0.5) is 0 Å². The van der Waals surface area contributed by atoms with E-state index in [1.165, 1.54) is 56.7 Å². The fourth-order valence-corrected chi connectivity index (χ4v) is 12.2. The van der Waals surface area contributed by atoms with Crippen LogP contribution in [0, 0.1) is 11.3 Å². The molecule has 0 unspecified atom stereocenters. The van der Waals surface area contributed by atoms with E-state index in [-0.39, 0.29) is 0 Å². The van der Waals surface area contributed by atoms with E-state index in [1.54, 1.807) is 0 Å². The molecule has 3 nitrogen and oxygen atoms in total. The first-order valence-electron chi connectivity index (χ1n) is 11.8. The first-order chi connectivity index (χ1) is 14.7. The summed E-state index contributed by atoms with van der Waals surface area (Å²) in [6.07, 6.45) is 12.2. The first kappa shape index (κ1) is 25.5. The first-order valence-corrected chi connectivity index (χ1v) is 18.4. The van der Waals surface area contributed by atoms with Gasteiger partial charge in [0.2, 0.25) is 0 Å². The molecule has 0 spiro atoms. The quantitative estimate of drug-likeness (QED) is 0.229. The summed E-state index contributed by atoms with van der Waals surface area (Å²) in [5, 5.41) is 8.91. The molecule has 0 radical (unpaired) electrons. The van der Waals surface area contributed by atoms with Gasteiger partial charge in [-0.3, -0.25) is 4.98 Å². The van der Waals surface area contributed by atoms with Crippen molar-refractivity contribution >= 4 is 16.6 Å². The Morgan fingerprint density at radius 1 is 0.774 bits per heavy atom. The molecule has 0 saturated carbocycles. The summed E-state index contributed by atoms with van der Waals surface area (Å²) in [4.78, 5) is 4.63. The smallest absolute Gasteiger partial charge is 0.173 e. The number of rotatable bonds is 13. The molecule has 2 rings (SSSR count). The third-order valence-corrected chi connectivity index (χ3v) is 11.7. The van der Waals surface area contributed by atoms with Gasteiger partial charge in [-0.15, -0.1) is 0 Å². The molecule has 0 aliphatic rings. The van der Waals surface area contributed by atoms with E-state index >= 15 is 0 Å². The average molecular weight is 453 g/mol. The molecule has 1 heterocycles. The summed E-state index contributed by atoms with van der Waals surface area (Å²) in [6.45, 7) is 11.7. The normalized spacial score (nSPS) is 12.0. The van der Waals surface area contributed by atoms with Crippen molar-refractivity contribution in [1.29, 1.82) is 5.26 Å². The van der Waals surface area contributed by atoms with Crippen molar-refractivity contribution in [3.05, 3.63) is 53.9 Å². The Bertz CT molecular complexity index is 818. The molecule has 2 aromatic rings. The SMILES string of the molecule is C[Si](C)(C)O[Si](C)(C)CCCCCCCCCc1ccc(-c2ccc(C#N)cc2)cn1. The predicted molar refractivity (Wildman–Crippen MR) is 137 cm³/mol. The van der Waals surface area contributed by atoms with E-state index < -0.39 is 16.6 Å². The van der Waals surface area contributed by atoms with Crippen LogP contribution in [-0.2, 0) is 10.5 Å². The molecule has 1 aromatic carbocycles. The molecule has 0 aliphatic heterocycles. The Balaban J connectivity index is 1.56. The Kier molecular flexibility index (Phi) is 10.1. The summed E-state index contributed by atoms with van der Waals surface area (Å²) < 4.78 is 6.43. The van der Waals surface area contributed by atoms with Crippen molar-refractivity contribution < 1.29 is 4.12 Å². The maximum atomic E-state index is 8.91. The summed E-state index contributed by atoms with van der Waals surface area (Å²) in [7, 11) is -2.83. The summed E-state index contributed by atoms with van der Waals surface area (Å²) in [5.74, 6) is 0. The predicted octanol–water partition coefficient (Wildman–Crippen LogP) is 7.95. The molecule has 0 N–H and O–H groups in total. The highest BCUT2D eigenvalue weighted by Gasteiger charge is 2.28. The molecular weight excluding hydrogens is 412 g/mol. The highest BCUT2D eigenvalue weighted by atomic mass is 28.4. The molecule has 168 valence electrons. The lowest BCUT2D eigenvalue weighted by atomic mass is 10.0. The summed E-state index contributed by atoms with van der Waals surface area (Å²) in [6, 6.07) is 15.4. The maximum Gasteiger partial charge on any atom is 0.173 e. The fourth-order valence-electron chi connectivity index (χ4n) is 4.10. The van der Waals surface area contributed by atoms with Crippen LogP contribution in [0.1, 0.15) is 56.2 Å². The van der Waals surface area contributed by atoms with Gasteiger partial charge in [-0.1, -0.05) is 56.7 Å². The van der Waals surface area contributed by atoms with E-state index in [4.69, 9.17) is 9.38 Å². The minimum Gasteiger partial charge on any atom is -0.456 e. The van der Waals surface area contributed by atoms with Crippen LogP contribution in [-0.4, -0.2) is 21.6 Å². The van der Waals surface area contributed by atoms with E-state index in [0.29, 0.717) is 5.56 Å². The van der Waals surface area contributed by atoms with Gasteiger partial charge in [0.25, 0.3) is 0 Å². The Morgan fingerprint density at radius 2 is 1.35 bits per heavy atom. The molecule has 0 aliphatic carbocycles. The minimum absolute atomic E-state index is 0.690. The van der Waals surface area contributed by atoms with Crippen molar-refractivity contribution in [2.75, 3.05) is 0 Å². The number of hydrogen-bond acceptors (Lipinski definition) is 3. The van der Waals surface area contributed by atoms with Crippen LogP contribution in [0.5, 0.6) is 0 Å². The van der Waals surface area contributed by atoms with Crippen molar-refractivity contribution in [1.82, 2.24) is 4.98 Å². The topological polar surface area (TPSA) is 45.9 Å². The van der Waals surface area contributed by atoms with Crippen LogP contribution in [0.3, 0.4) is 0 Å². The Morgan fingerprint density at radius 3 is 1.90 bits per heavy atom. The summed E-state index contributed by atoms with van der Waals surface area (Å²) in [5.41, 5.74) is 4.08. The highest BCUT2D eigenvalue weighted by molar-refractivity contribution is 6.84. The third kappa shape index (κ3) is 10.4. The van der Waals surface area contributed by atoms with Gasteiger partial charge in [0.05, 0.1) is 11.6 Å². The van der Waals surface area contributed by atoms with Gasteiger partial charge in [0.1, 0.15) is 0 Å². The molecule has 0 saturated heterocycles. The molecule has 31 heavy (non-hydrogen) atoms. The second kappa shape index (κ2) is 12.3. The van der Waals surface area contributed by atoms with E-state index in [2.05, 4.69) is 55.9 Å². The minimum atomic E-state index is -1.45. The zero-order chi connectivity index (χ0) is 22.7. The standard InChI is InChI=1S/C26H40N2OSi2/c1-30(2,3)29-31(4,5)20-12-10-8-6-7-9-11-13-26-19-18-25(22-28-26)24-16-14-23(21-27)15-17-24/h14-19,22H,6-13,20H2,1-5H3. The van der Waals surface area contributed by atoms with Gasteiger partial charge in [0.15, 0.2) is 16.6 Å². The second-order valence-electron chi connectivity index (χ2n) is 10.2. The number of nitrogens with zero attached hydrogens (tertiary/aromatic N) is 2. The van der Waals surface area contributed by atoms with Crippen LogP contribution in [0.25, 0.3) is 11.1 Å². The van der Waals surface area contributed by atoms with E-state index in [0.717, 1.165) is 17.5 Å². The van der Waals surface area contributed by atoms with Crippen molar-refractivity contribution in [3.63, 3.8) is 0 Å². The van der Waals surface area contributed by atoms with E-state index in [9.17, 15) is 0 Å². The Hall–Kier alpha value is -1.75. The van der Waals surface area contributed by atoms with Gasteiger partial charge >= 0.3 is 0 Å². The second-order valence-corrected chi connectivity index (χ2v) is 19.2. The number of hydrogen-bond donors (Lipinski definition) is 0. The largest absolute Gasteiger partial charge is 0.456 e. The van der Waals surface area contributed by atoms with Crippen molar-refractivity contribution in [2.24, 2.45) is 0 Å². The third-order valence-electron chi connectivity index (χ3n) is 5.47. The highest BCUT2D eigenvalue weighted by Crippen LogP contribution is 2.22. The van der Waals surface area contributed by atoms with Crippen molar-refractivity contribution in [3.8, 4) is 17.2 Å². The average Bonchev–Trinajstić information content (AvgIpc) is 2.71. The van der Waals surface area contributed by atoms with Crippen LogP contribution < -0.4 is 0 Å². The molecule has 1 aromatic heterocycles. The lowest BCUT2D eigenvalue weighted by molar-refractivity contribution is 0.534. The zero-order valence-corrected chi connectivity index (χ0v) is 22.2. The molecule has 0 bridgehead atoms. The van der Waals surface area contributed by atoms with Crippen LogP contribution in [0.2, 0.25) is 38.8 Å². The van der Waals surface area contributed by atoms with Crippen LogP contribution in [0.15, 0.2) is 42.6 Å². The van der Waals surface area contributed by atoms with Crippen LogP contribution >= 0.6 is 0 Å². The molecular formula is C26H40N2OSi2. The zero-order valence-electron chi connectivity index (χ0n) is 20.2. The van der Waals surface area contributed by atoms with Gasteiger partial charge in [-0.2, -0.15) is 5.26 Å². The number of unbranched alkanes of at least 4 members (excludes halogenated alkanes) is 6. The lowest BCUT2D eigenvalue weighted by Crippen LogP contribution is -2.42. The van der Waals surface area contributed by atoms with Gasteiger partial charge in [-0.05, 0) is 75.4 Å². The van der Waals surface area contributed by atoms with Gasteiger partial charge < -0.3 is 4.12 Å². The molecule has 5 heteroatoms. The molecule has 0 fully saturated rings. The number of nitriles is 1. The number of pyridine rings is 1. The molecule has 0 amide bonds.